The van der Waals surface area contributed by atoms with Gasteiger partial charge in [-0.25, -0.2) is 0 Å². The third kappa shape index (κ3) is 1.97. The van der Waals surface area contributed by atoms with Crippen molar-refractivity contribution in [2.75, 3.05) is 6.54 Å². The maximum atomic E-state index is 11.4. The molecule has 0 saturated heterocycles. The van der Waals surface area contributed by atoms with Crippen molar-refractivity contribution in [2.24, 2.45) is 11.7 Å². The zero-order chi connectivity index (χ0) is 9.19. The molecule has 1 atom stereocenters. The van der Waals surface area contributed by atoms with Crippen molar-refractivity contribution in [2.45, 2.75) is 38.6 Å². The highest BCUT2D eigenvalue weighted by atomic mass is 16.2. The summed E-state index contributed by atoms with van der Waals surface area (Å²) >= 11 is 0. The molecule has 0 aromatic rings. The molecule has 0 aliphatic heterocycles. The van der Waals surface area contributed by atoms with Gasteiger partial charge in [-0.05, 0) is 26.2 Å². The number of nitrogens with two attached hydrogens (primary N) is 1. The highest BCUT2D eigenvalue weighted by Crippen LogP contribution is 2.30. The van der Waals surface area contributed by atoms with Crippen molar-refractivity contribution < 1.29 is 4.79 Å². The Bertz CT molecular complexity index is 175. The molecule has 1 aliphatic rings. The predicted molar refractivity (Wildman–Crippen MR) is 48.6 cm³/mol. The molecule has 0 heterocycles. The molecular formula is C9H18N2O. The summed E-state index contributed by atoms with van der Waals surface area (Å²) in [5.74, 6) is 0.0436. The molecule has 12 heavy (non-hydrogen) atoms. The SMILES string of the molecule is CC(CN)C(=O)NC1(C)CCC1. The summed E-state index contributed by atoms with van der Waals surface area (Å²) in [6.07, 6.45) is 3.44. The Hall–Kier alpha value is -0.570. The van der Waals surface area contributed by atoms with Gasteiger partial charge in [0.05, 0.1) is 0 Å². The third-order valence-corrected chi connectivity index (χ3v) is 2.68. The molecule has 0 aromatic carbocycles. The Morgan fingerprint density at radius 3 is 2.58 bits per heavy atom. The minimum atomic E-state index is -0.0533. The van der Waals surface area contributed by atoms with Gasteiger partial charge in [-0.2, -0.15) is 0 Å². The molecule has 3 N–H and O–H groups in total. The summed E-state index contributed by atoms with van der Waals surface area (Å²) in [6.45, 7) is 4.39. The van der Waals surface area contributed by atoms with Crippen molar-refractivity contribution in [3.63, 3.8) is 0 Å². The fourth-order valence-corrected chi connectivity index (χ4v) is 1.36. The van der Waals surface area contributed by atoms with E-state index in [0.29, 0.717) is 6.54 Å². The lowest BCUT2D eigenvalue weighted by atomic mass is 9.78. The highest BCUT2D eigenvalue weighted by Gasteiger charge is 2.33. The van der Waals surface area contributed by atoms with E-state index in [-0.39, 0.29) is 17.4 Å². The van der Waals surface area contributed by atoms with E-state index in [2.05, 4.69) is 12.2 Å². The number of carbonyl (C=O) groups is 1. The molecule has 1 fully saturated rings. The van der Waals surface area contributed by atoms with Crippen LogP contribution in [0.3, 0.4) is 0 Å². The Balaban J connectivity index is 2.35. The molecule has 1 rings (SSSR count). The van der Waals surface area contributed by atoms with Gasteiger partial charge in [-0.15, -0.1) is 0 Å². The second-order valence-corrected chi connectivity index (χ2v) is 4.04. The lowest BCUT2D eigenvalue weighted by molar-refractivity contribution is -0.127. The third-order valence-electron chi connectivity index (χ3n) is 2.68. The fraction of sp³-hybridized carbons (Fsp3) is 0.889. The Morgan fingerprint density at radius 1 is 1.67 bits per heavy atom. The zero-order valence-corrected chi connectivity index (χ0v) is 7.89. The summed E-state index contributed by atoms with van der Waals surface area (Å²) < 4.78 is 0. The number of amides is 1. The summed E-state index contributed by atoms with van der Waals surface area (Å²) in [6, 6.07) is 0. The van der Waals surface area contributed by atoms with Gasteiger partial charge in [0.15, 0.2) is 0 Å². The van der Waals surface area contributed by atoms with Gasteiger partial charge < -0.3 is 11.1 Å². The molecule has 70 valence electrons. The van der Waals surface area contributed by atoms with Gasteiger partial charge in [-0.1, -0.05) is 6.92 Å². The van der Waals surface area contributed by atoms with E-state index >= 15 is 0 Å². The molecule has 0 aromatic heterocycles. The van der Waals surface area contributed by atoms with Crippen LogP contribution in [0.15, 0.2) is 0 Å². The Kier molecular flexibility index (Phi) is 2.73. The smallest absolute Gasteiger partial charge is 0.224 e. The fourth-order valence-electron chi connectivity index (χ4n) is 1.36. The van der Waals surface area contributed by atoms with Gasteiger partial charge in [-0.3, -0.25) is 4.79 Å². The largest absolute Gasteiger partial charge is 0.351 e. The number of carbonyl (C=O) groups excluding carboxylic acids is 1. The van der Waals surface area contributed by atoms with Crippen molar-refractivity contribution in [3.8, 4) is 0 Å². The minimum Gasteiger partial charge on any atom is -0.351 e. The van der Waals surface area contributed by atoms with Crippen LogP contribution in [-0.4, -0.2) is 18.0 Å². The molecule has 1 unspecified atom stereocenters. The van der Waals surface area contributed by atoms with Crippen LogP contribution in [-0.2, 0) is 4.79 Å². The van der Waals surface area contributed by atoms with E-state index in [9.17, 15) is 4.79 Å². The first-order valence-electron chi connectivity index (χ1n) is 4.59. The lowest BCUT2D eigenvalue weighted by Crippen LogP contribution is -2.53. The summed E-state index contributed by atoms with van der Waals surface area (Å²) in [4.78, 5) is 11.4. The number of hydrogen-bond donors (Lipinski definition) is 2. The molecule has 0 radical (unpaired) electrons. The van der Waals surface area contributed by atoms with Gasteiger partial charge in [0.2, 0.25) is 5.91 Å². The van der Waals surface area contributed by atoms with Crippen molar-refractivity contribution in [1.82, 2.24) is 5.32 Å². The Labute approximate surface area is 73.7 Å². The van der Waals surface area contributed by atoms with Gasteiger partial charge in [0.1, 0.15) is 0 Å². The first-order chi connectivity index (χ1) is 5.57. The molecular weight excluding hydrogens is 152 g/mol. The van der Waals surface area contributed by atoms with Crippen LogP contribution in [0, 0.1) is 5.92 Å². The molecule has 3 heteroatoms. The van der Waals surface area contributed by atoms with Gasteiger partial charge in [0.25, 0.3) is 0 Å². The maximum absolute atomic E-state index is 11.4. The molecule has 1 amide bonds. The van der Waals surface area contributed by atoms with E-state index in [4.69, 9.17) is 5.73 Å². The quantitative estimate of drug-likeness (QED) is 0.653. The zero-order valence-electron chi connectivity index (χ0n) is 7.89. The van der Waals surface area contributed by atoms with Crippen LogP contribution in [0.2, 0.25) is 0 Å². The average molecular weight is 170 g/mol. The Morgan fingerprint density at radius 2 is 2.25 bits per heavy atom. The number of nitrogens with one attached hydrogen (secondary N) is 1. The first-order valence-corrected chi connectivity index (χ1v) is 4.59. The number of rotatable bonds is 3. The molecule has 0 bridgehead atoms. The van der Waals surface area contributed by atoms with Crippen LogP contribution < -0.4 is 11.1 Å². The minimum absolute atomic E-state index is 0.0533. The van der Waals surface area contributed by atoms with Crippen LogP contribution in [0.1, 0.15) is 33.1 Å². The van der Waals surface area contributed by atoms with E-state index in [0.717, 1.165) is 12.8 Å². The second kappa shape index (κ2) is 3.44. The predicted octanol–water partition coefficient (Wildman–Crippen LogP) is 0.640. The van der Waals surface area contributed by atoms with Gasteiger partial charge in [0, 0.05) is 18.0 Å². The van der Waals surface area contributed by atoms with E-state index in [1.807, 2.05) is 6.92 Å². The van der Waals surface area contributed by atoms with Crippen LogP contribution in [0.5, 0.6) is 0 Å². The summed E-state index contributed by atoms with van der Waals surface area (Å²) in [5, 5.41) is 3.02. The van der Waals surface area contributed by atoms with Crippen LogP contribution in [0.25, 0.3) is 0 Å². The summed E-state index contributed by atoms with van der Waals surface area (Å²) in [7, 11) is 0. The van der Waals surface area contributed by atoms with Crippen LogP contribution in [0.4, 0.5) is 0 Å². The molecule has 1 aliphatic carbocycles. The first kappa shape index (κ1) is 9.52. The van der Waals surface area contributed by atoms with Gasteiger partial charge >= 0.3 is 0 Å². The van der Waals surface area contributed by atoms with Crippen molar-refractivity contribution in [3.05, 3.63) is 0 Å². The van der Waals surface area contributed by atoms with Crippen molar-refractivity contribution in [1.29, 1.82) is 0 Å². The monoisotopic (exact) mass is 170 g/mol. The second-order valence-electron chi connectivity index (χ2n) is 4.04. The highest BCUT2D eigenvalue weighted by molar-refractivity contribution is 5.79. The van der Waals surface area contributed by atoms with Crippen LogP contribution >= 0.6 is 0 Å². The van der Waals surface area contributed by atoms with E-state index in [1.165, 1.54) is 6.42 Å². The lowest BCUT2D eigenvalue weighted by Gasteiger charge is -2.39. The molecule has 0 spiro atoms. The maximum Gasteiger partial charge on any atom is 0.224 e. The molecule has 3 nitrogen and oxygen atoms in total. The van der Waals surface area contributed by atoms with E-state index < -0.39 is 0 Å². The number of hydrogen-bond acceptors (Lipinski definition) is 2. The standard InChI is InChI=1S/C9H18N2O/c1-7(6-10)8(12)11-9(2)4-3-5-9/h7H,3-6,10H2,1-2H3,(H,11,12). The summed E-state index contributed by atoms with van der Waals surface area (Å²) in [5.41, 5.74) is 5.46. The average Bonchev–Trinajstić information content (AvgIpc) is 2.00. The molecule has 1 saturated carbocycles. The topological polar surface area (TPSA) is 55.1 Å². The van der Waals surface area contributed by atoms with E-state index in [1.54, 1.807) is 0 Å². The van der Waals surface area contributed by atoms with Crippen molar-refractivity contribution >= 4 is 5.91 Å². The normalized spacial score (nSPS) is 22.6.